The number of hydrogen-bond acceptors (Lipinski definition) is 4. The maximum atomic E-state index is 4.67. The van der Waals surface area contributed by atoms with Crippen LogP contribution in [0.2, 0.25) is 0 Å². The molecule has 0 radical (unpaired) electrons. The summed E-state index contributed by atoms with van der Waals surface area (Å²) in [6.07, 6.45) is 11.5. The van der Waals surface area contributed by atoms with Gasteiger partial charge in [-0.2, -0.15) is 5.10 Å². The van der Waals surface area contributed by atoms with Crippen molar-refractivity contribution in [3.63, 3.8) is 0 Å². The highest BCUT2D eigenvalue weighted by molar-refractivity contribution is 5.75. The molecular weight excluding hydrogens is 312 g/mol. The summed E-state index contributed by atoms with van der Waals surface area (Å²) in [5, 5.41) is 5.64. The molecule has 0 aliphatic rings. The predicted molar refractivity (Wildman–Crippen MR) is 97.6 cm³/mol. The summed E-state index contributed by atoms with van der Waals surface area (Å²) in [7, 11) is 0. The second kappa shape index (κ2) is 5.65. The lowest BCUT2D eigenvalue weighted by Gasteiger charge is -2.18. The van der Waals surface area contributed by atoms with Crippen molar-refractivity contribution in [2.75, 3.05) is 0 Å². The molecule has 0 saturated carbocycles. The minimum atomic E-state index is 0.0858. The highest BCUT2D eigenvalue weighted by Crippen LogP contribution is 2.25. The summed E-state index contributed by atoms with van der Waals surface area (Å²) in [4.78, 5) is 13.3. The Hall–Kier alpha value is -2.76. The number of imidazole rings is 1. The Kier molecular flexibility index (Phi) is 3.56. The number of hydrogen-bond donors (Lipinski definition) is 0. The molecule has 0 amide bonds. The summed E-state index contributed by atoms with van der Waals surface area (Å²) in [5.74, 6) is 0.989. The molecule has 128 valence electrons. The van der Waals surface area contributed by atoms with Crippen LogP contribution < -0.4 is 0 Å². The highest BCUT2D eigenvalue weighted by atomic mass is 15.3. The first-order valence-corrected chi connectivity index (χ1v) is 8.52. The molecule has 4 aromatic rings. The van der Waals surface area contributed by atoms with Crippen LogP contribution >= 0.6 is 0 Å². The Morgan fingerprint density at radius 2 is 1.92 bits per heavy atom. The van der Waals surface area contributed by atoms with E-state index in [1.54, 1.807) is 6.20 Å². The van der Waals surface area contributed by atoms with Crippen LogP contribution in [0.1, 0.15) is 44.7 Å². The van der Waals surface area contributed by atoms with Crippen LogP contribution in [0.3, 0.4) is 0 Å². The van der Waals surface area contributed by atoms with E-state index in [1.165, 1.54) is 5.56 Å². The van der Waals surface area contributed by atoms with E-state index >= 15 is 0 Å². The van der Waals surface area contributed by atoms with Crippen molar-refractivity contribution in [2.45, 2.75) is 45.6 Å². The Morgan fingerprint density at radius 1 is 1.08 bits per heavy atom. The molecule has 25 heavy (non-hydrogen) atoms. The molecule has 4 heterocycles. The monoisotopic (exact) mass is 334 g/mol. The molecule has 4 aromatic heterocycles. The Labute approximate surface area is 146 Å². The maximum Gasteiger partial charge on any atom is 0.233 e. The van der Waals surface area contributed by atoms with Gasteiger partial charge in [-0.1, -0.05) is 27.7 Å². The van der Waals surface area contributed by atoms with Gasteiger partial charge in [0.05, 0.1) is 6.20 Å². The van der Waals surface area contributed by atoms with Crippen LogP contribution in [0.5, 0.6) is 0 Å². The van der Waals surface area contributed by atoms with Crippen LogP contribution in [0.4, 0.5) is 0 Å². The van der Waals surface area contributed by atoms with Gasteiger partial charge in [0, 0.05) is 48.8 Å². The van der Waals surface area contributed by atoms with Crippen LogP contribution in [0.15, 0.2) is 43.2 Å². The average molecular weight is 334 g/mol. The Morgan fingerprint density at radius 3 is 2.72 bits per heavy atom. The van der Waals surface area contributed by atoms with Crippen molar-refractivity contribution in [3.8, 4) is 0 Å². The fourth-order valence-corrected chi connectivity index (χ4v) is 2.97. The summed E-state index contributed by atoms with van der Waals surface area (Å²) in [6, 6.07) is 2.19. The van der Waals surface area contributed by atoms with Crippen molar-refractivity contribution in [1.29, 1.82) is 0 Å². The summed E-state index contributed by atoms with van der Waals surface area (Å²) >= 11 is 0. The molecular formula is C19H22N6. The lowest BCUT2D eigenvalue weighted by atomic mass is 9.88. The van der Waals surface area contributed by atoms with E-state index in [0.29, 0.717) is 0 Å². The minimum absolute atomic E-state index is 0.0858. The number of fused-ring (bicyclic) bond motifs is 2. The van der Waals surface area contributed by atoms with Gasteiger partial charge in [0.2, 0.25) is 5.78 Å². The van der Waals surface area contributed by atoms with E-state index in [2.05, 4.69) is 60.0 Å². The van der Waals surface area contributed by atoms with Gasteiger partial charge < -0.3 is 0 Å². The number of aromatic nitrogens is 6. The number of rotatable bonds is 3. The fourth-order valence-electron chi connectivity index (χ4n) is 2.97. The van der Waals surface area contributed by atoms with Gasteiger partial charge in [-0.15, -0.1) is 0 Å². The molecule has 6 nitrogen and oxygen atoms in total. The molecule has 6 heteroatoms. The Balaban J connectivity index is 1.63. The quantitative estimate of drug-likeness (QED) is 0.574. The summed E-state index contributed by atoms with van der Waals surface area (Å²) < 4.78 is 3.92. The fraction of sp³-hybridized carbons (Fsp3) is 0.368. The topological polar surface area (TPSA) is 60.9 Å². The molecule has 0 bridgehead atoms. The van der Waals surface area contributed by atoms with Gasteiger partial charge in [-0.25, -0.2) is 19.6 Å². The van der Waals surface area contributed by atoms with E-state index in [4.69, 9.17) is 0 Å². The number of nitrogens with zero attached hydrogens (tertiary/aromatic N) is 6. The number of pyridine rings is 1. The van der Waals surface area contributed by atoms with Gasteiger partial charge in [0.15, 0.2) is 5.65 Å². The smallest absolute Gasteiger partial charge is 0.233 e. The van der Waals surface area contributed by atoms with E-state index in [9.17, 15) is 0 Å². The van der Waals surface area contributed by atoms with E-state index in [-0.39, 0.29) is 11.3 Å². The SMILES string of the molecule is CC(Cn1ncc2cc(C(C)(C)C)cnc21)c1cnc2nccn2c1. The van der Waals surface area contributed by atoms with Crippen LogP contribution in [0, 0.1) is 0 Å². The lowest BCUT2D eigenvalue weighted by Crippen LogP contribution is -2.12. The zero-order chi connectivity index (χ0) is 17.6. The minimum Gasteiger partial charge on any atom is -0.291 e. The summed E-state index contributed by atoms with van der Waals surface area (Å²) in [6.45, 7) is 9.52. The van der Waals surface area contributed by atoms with Crippen molar-refractivity contribution in [1.82, 2.24) is 29.1 Å². The van der Waals surface area contributed by atoms with Crippen LogP contribution in [-0.2, 0) is 12.0 Å². The standard InChI is InChI=1S/C19H22N6/c1-13(15-8-22-18-20-5-6-24(18)12-15)11-25-17-14(9-23-25)7-16(10-21-17)19(2,3)4/h5-10,12-13H,11H2,1-4H3. The van der Waals surface area contributed by atoms with Gasteiger partial charge in [0.25, 0.3) is 0 Å². The maximum absolute atomic E-state index is 4.67. The zero-order valence-corrected chi connectivity index (χ0v) is 15.0. The molecule has 0 aliphatic heterocycles. The van der Waals surface area contributed by atoms with E-state index in [1.807, 2.05) is 33.9 Å². The third-order valence-electron chi connectivity index (χ3n) is 4.62. The second-order valence-corrected chi connectivity index (χ2v) is 7.64. The first-order valence-electron chi connectivity index (χ1n) is 8.52. The molecule has 1 atom stereocenters. The lowest BCUT2D eigenvalue weighted by molar-refractivity contribution is 0.551. The average Bonchev–Trinajstić information content (AvgIpc) is 3.19. The Bertz CT molecular complexity index is 1040. The third kappa shape index (κ3) is 2.88. The first kappa shape index (κ1) is 15.7. The van der Waals surface area contributed by atoms with Crippen LogP contribution in [-0.4, -0.2) is 29.1 Å². The van der Waals surface area contributed by atoms with Crippen molar-refractivity contribution >= 4 is 16.8 Å². The van der Waals surface area contributed by atoms with Gasteiger partial charge in [0.1, 0.15) is 0 Å². The van der Waals surface area contributed by atoms with Gasteiger partial charge in [-0.3, -0.25) is 4.40 Å². The largest absolute Gasteiger partial charge is 0.291 e. The van der Waals surface area contributed by atoms with Crippen molar-refractivity contribution in [2.24, 2.45) is 0 Å². The molecule has 4 rings (SSSR count). The van der Waals surface area contributed by atoms with E-state index in [0.717, 1.165) is 28.9 Å². The molecule has 0 fully saturated rings. The molecule has 0 N–H and O–H groups in total. The predicted octanol–water partition coefficient (Wildman–Crippen LogP) is 3.58. The zero-order valence-electron chi connectivity index (χ0n) is 15.0. The molecule has 0 saturated heterocycles. The molecule has 0 aromatic carbocycles. The third-order valence-corrected chi connectivity index (χ3v) is 4.62. The first-order chi connectivity index (χ1) is 11.9. The summed E-state index contributed by atoms with van der Waals surface area (Å²) in [5.41, 5.74) is 3.39. The van der Waals surface area contributed by atoms with Crippen molar-refractivity contribution < 1.29 is 0 Å². The van der Waals surface area contributed by atoms with Crippen LogP contribution in [0.25, 0.3) is 16.8 Å². The molecule has 0 aliphatic carbocycles. The van der Waals surface area contributed by atoms with Crippen molar-refractivity contribution in [3.05, 3.63) is 54.4 Å². The second-order valence-electron chi connectivity index (χ2n) is 7.64. The highest BCUT2D eigenvalue weighted by Gasteiger charge is 2.17. The molecule has 1 unspecified atom stereocenters. The molecule has 0 spiro atoms. The van der Waals surface area contributed by atoms with Gasteiger partial charge >= 0.3 is 0 Å². The van der Waals surface area contributed by atoms with Gasteiger partial charge in [-0.05, 0) is 22.6 Å². The van der Waals surface area contributed by atoms with E-state index < -0.39 is 0 Å². The normalized spacial score (nSPS) is 13.6.